The summed E-state index contributed by atoms with van der Waals surface area (Å²) >= 11 is 1.54. The molecule has 5 heteroatoms. The molecule has 0 radical (unpaired) electrons. The summed E-state index contributed by atoms with van der Waals surface area (Å²) in [6.07, 6.45) is 0. The number of hydrogen-bond acceptors (Lipinski definition) is 3. The van der Waals surface area contributed by atoms with Crippen molar-refractivity contribution in [2.75, 3.05) is 20.1 Å². The molecule has 0 aliphatic heterocycles. The average Bonchev–Trinajstić information content (AvgIpc) is 2.67. The van der Waals surface area contributed by atoms with Gasteiger partial charge >= 0.3 is 0 Å². The Hall–Kier alpha value is -0.580. The lowest BCUT2D eigenvalue weighted by molar-refractivity contribution is 0.0948. The molecule has 0 bridgehead atoms. The van der Waals surface area contributed by atoms with E-state index in [1.807, 2.05) is 23.9 Å². The average molecular weight is 249 g/mol. The van der Waals surface area contributed by atoms with Crippen molar-refractivity contribution in [3.8, 4) is 0 Å². The molecule has 0 aromatic carbocycles. The summed E-state index contributed by atoms with van der Waals surface area (Å²) in [6, 6.07) is 1.84. The fourth-order valence-corrected chi connectivity index (χ4v) is 1.82. The number of thiophene rings is 1. The molecular weight excluding hydrogens is 232 g/mol. The predicted molar refractivity (Wildman–Crippen MR) is 67.0 cm³/mol. The van der Waals surface area contributed by atoms with E-state index in [-0.39, 0.29) is 18.3 Å². The fraction of sp³-hybridized carbons (Fsp3) is 0.500. The van der Waals surface area contributed by atoms with Crippen LogP contribution < -0.4 is 10.6 Å². The van der Waals surface area contributed by atoms with Gasteiger partial charge in [0.2, 0.25) is 0 Å². The molecule has 1 rings (SSSR count). The Labute approximate surface area is 101 Å². The second kappa shape index (κ2) is 7.68. The fourth-order valence-electron chi connectivity index (χ4n) is 1.18. The highest BCUT2D eigenvalue weighted by Gasteiger charge is 2.06. The zero-order chi connectivity index (χ0) is 10.4. The Morgan fingerprint density at radius 1 is 1.53 bits per heavy atom. The lowest BCUT2D eigenvalue weighted by Gasteiger charge is -2.11. The molecule has 86 valence electrons. The molecule has 1 unspecified atom stereocenters. The first kappa shape index (κ1) is 14.4. The van der Waals surface area contributed by atoms with Gasteiger partial charge in [-0.15, -0.1) is 12.4 Å². The summed E-state index contributed by atoms with van der Waals surface area (Å²) in [6.45, 7) is 3.74. The topological polar surface area (TPSA) is 41.1 Å². The van der Waals surface area contributed by atoms with Crippen molar-refractivity contribution in [3.63, 3.8) is 0 Å². The van der Waals surface area contributed by atoms with Crippen LogP contribution >= 0.6 is 23.7 Å². The summed E-state index contributed by atoms with van der Waals surface area (Å²) in [5.74, 6) is 0.483. The van der Waals surface area contributed by atoms with Crippen LogP contribution in [0.4, 0.5) is 0 Å². The molecular formula is C10H17ClN2OS. The predicted octanol–water partition coefficient (Wildman–Crippen LogP) is 1.76. The summed E-state index contributed by atoms with van der Waals surface area (Å²) in [5.41, 5.74) is 0.756. The standard InChI is InChI=1S/C10H16N2OS.ClH/c1-8(5-11-2)6-12-10(13)9-3-4-14-7-9;/h3-4,7-8,11H,5-6H2,1-2H3,(H,12,13);1H. The molecule has 0 spiro atoms. The van der Waals surface area contributed by atoms with Crippen LogP contribution in [0.2, 0.25) is 0 Å². The van der Waals surface area contributed by atoms with Crippen LogP contribution in [-0.2, 0) is 0 Å². The second-order valence-corrected chi connectivity index (χ2v) is 4.16. The number of halogens is 1. The molecule has 15 heavy (non-hydrogen) atoms. The zero-order valence-corrected chi connectivity index (χ0v) is 10.6. The van der Waals surface area contributed by atoms with Gasteiger partial charge in [-0.25, -0.2) is 0 Å². The number of carbonyl (C=O) groups excluding carboxylic acids is 1. The van der Waals surface area contributed by atoms with Crippen molar-refractivity contribution >= 4 is 29.7 Å². The molecule has 1 aromatic rings. The van der Waals surface area contributed by atoms with Crippen LogP contribution in [0.5, 0.6) is 0 Å². The first-order chi connectivity index (χ1) is 6.74. The van der Waals surface area contributed by atoms with Gasteiger partial charge in [0.1, 0.15) is 0 Å². The SMILES string of the molecule is CNCC(C)CNC(=O)c1ccsc1.Cl. The first-order valence-corrected chi connectivity index (χ1v) is 5.63. The maximum Gasteiger partial charge on any atom is 0.252 e. The molecule has 1 aromatic heterocycles. The third kappa shape index (κ3) is 5.16. The van der Waals surface area contributed by atoms with E-state index in [2.05, 4.69) is 17.6 Å². The van der Waals surface area contributed by atoms with Crippen molar-refractivity contribution in [1.82, 2.24) is 10.6 Å². The van der Waals surface area contributed by atoms with Crippen LogP contribution in [0.3, 0.4) is 0 Å². The normalized spacial score (nSPS) is 11.6. The Kier molecular flexibility index (Phi) is 7.38. The molecule has 0 saturated carbocycles. The molecule has 0 aliphatic carbocycles. The quantitative estimate of drug-likeness (QED) is 0.834. The van der Waals surface area contributed by atoms with E-state index in [9.17, 15) is 4.79 Å². The largest absolute Gasteiger partial charge is 0.352 e. The summed E-state index contributed by atoms with van der Waals surface area (Å²) in [4.78, 5) is 11.5. The van der Waals surface area contributed by atoms with Gasteiger partial charge in [-0.05, 0) is 31.0 Å². The van der Waals surface area contributed by atoms with E-state index in [4.69, 9.17) is 0 Å². The number of nitrogens with one attached hydrogen (secondary N) is 2. The number of hydrogen-bond donors (Lipinski definition) is 2. The Morgan fingerprint density at radius 3 is 2.80 bits per heavy atom. The van der Waals surface area contributed by atoms with Crippen molar-refractivity contribution in [3.05, 3.63) is 22.4 Å². The highest BCUT2D eigenvalue weighted by atomic mass is 35.5. The summed E-state index contributed by atoms with van der Waals surface area (Å²) in [5, 5.41) is 9.74. The van der Waals surface area contributed by atoms with Crippen molar-refractivity contribution < 1.29 is 4.79 Å². The minimum atomic E-state index is 0. The van der Waals surface area contributed by atoms with Crippen LogP contribution in [-0.4, -0.2) is 26.0 Å². The van der Waals surface area contributed by atoms with Gasteiger partial charge in [-0.1, -0.05) is 6.92 Å². The maximum atomic E-state index is 11.5. The summed E-state index contributed by atoms with van der Waals surface area (Å²) in [7, 11) is 1.91. The van der Waals surface area contributed by atoms with Gasteiger partial charge in [0, 0.05) is 17.5 Å². The van der Waals surface area contributed by atoms with Gasteiger partial charge in [0.25, 0.3) is 5.91 Å². The maximum absolute atomic E-state index is 11.5. The third-order valence-electron chi connectivity index (χ3n) is 1.95. The number of amides is 1. The lowest BCUT2D eigenvalue weighted by atomic mass is 10.2. The van der Waals surface area contributed by atoms with Crippen LogP contribution in [0.25, 0.3) is 0 Å². The van der Waals surface area contributed by atoms with E-state index >= 15 is 0 Å². The van der Waals surface area contributed by atoms with E-state index < -0.39 is 0 Å². The Morgan fingerprint density at radius 2 is 2.27 bits per heavy atom. The van der Waals surface area contributed by atoms with E-state index in [1.54, 1.807) is 0 Å². The van der Waals surface area contributed by atoms with Crippen molar-refractivity contribution in [2.24, 2.45) is 5.92 Å². The molecule has 1 heterocycles. The molecule has 0 saturated heterocycles. The second-order valence-electron chi connectivity index (χ2n) is 3.38. The van der Waals surface area contributed by atoms with Crippen molar-refractivity contribution in [2.45, 2.75) is 6.92 Å². The van der Waals surface area contributed by atoms with Crippen LogP contribution in [0, 0.1) is 5.92 Å². The van der Waals surface area contributed by atoms with E-state index in [1.165, 1.54) is 11.3 Å². The molecule has 1 amide bonds. The lowest BCUT2D eigenvalue weighted by Crippen LogP contribution is -2.31. The smallest absolute Gasteiger partial charge is 0.252 e. The molecule has 2 N–H and O–H groups in total. The van der Waals surface area contributed by atoms with Crippen LogP contribution in [0.15, 0.2) is 16.8 Å². The number of carbonyl (C=O) groups is 1. The minimum Gasteiger partial charge on any atom is -0.352 e. The van der Waals surface area contributed by atoms with E-state index in [0.717, 1.165) is 18.7 Å². The molecule has 0 aliphatic rings. The Bertz CT molecular complexity index is 277. The van der Waals surface area contributed by atoms with Gasteiger partial charge in [-0.2, -0.15) is 11.3 Å². The molecule has 1 atom stereocenters. The zero-order valence-electron chi connectivity index (χ0n) is 8.95. The highest BCUT2D eigenvalue weighted by molar-refractivity contribution is 7.08. The van der Waals surface area contributed by atoms with Gasteiger partial charge in [-0.3, -0.25) is 4.79 Å². The third-order valence-corrected chi connectivity index (χ3v) is 2.63. The van der Waals surface area contributed by atoms with Gasteiger partial charge in [0.05, 0.1) is 0 Å². The van der Waals surface area contributed by atoms with Crippen LogP contribution in [0.1, 0.15) is 17.3 Å². The Balaban J connectivity index is 0.00000196. The highest BCUT2D eigenvalue weighted by Crippen LogP contribution is 2.05. The van der Waals surface area contributed by atoms with Gasteiger partial charge in [0.15, 0.2) is 0 Å². The minimum absolute atomic E-state index is 0. The number of rotatable bonds is 5. The molecule has 3 nitrogen and oxygen atoms in total. The molecule has 0 fully saturated rings. The monoisotopic (exact) mass is 248 g/mol. The summed E-state index contributed by atoms with van der Waals surface area (Å²) < 4.78 is 0. The first-order valence-electron chi connectivity index (χ1n) is 4.69. The van der Waals surface area contributed by atoms with Crippen molar-refractivity contribution in [1.29, 1.82) is 0 Å². The van der Waals surface area contributed by atoms with Gasteiger partial charge < -0.3 is 10.6 Å². The van der Waals surface area contributed by atoms with E-state index in [0.29, 0.717) is 5.92 Å².